The van der Waals surface area contributed by atoms with Crippen LogP contribution in [0.4, 0.5) is 0 Å². The molecule has 1 aromatic heterocycles. The van der Waals surface area contributed by atoms with Crippen molar-refractivity contribution in [3.63, 3.8) is 0 Å². The molecule has 2 nitrogen and oxygen atoms in total. The molecule has 0 amide bonds. The van der Waals surface area contributed by atoms with Crippen LogP contribution >= 0.6 is 34.9 Å². The Kier molecular flexibility index (Phi) is 5.74. The molecule has 0 bridgehead atoms. The van der Waals surface area contributed by atoms with E-state index in [-0.39, 0.29) is 6.61 Å². The fraction of sp³-hybridized carbons (Fsp3) is 0.500. The second-order valence-corrected chi connectivity index (χ2v) is 6.80. The van der Waals surface area contributed by atoms with Crippen molar-refractivity contribution in [2.24, 2.45) is 0 Å². The molecule has 1 heterocycles. The summed E-state index contributed by atoms with van der Waals surface area (Å²) in [5.41, 5.74) is 1.49. The summed E-state index contributed by atoms with van der Waals surface area (Å²) in [7, 11) is 0. The normalized spacial score (nSPS) is 10.6. The molecule has 0 radical (unpaired) electrons. The number of aliphatic hydroxyl groups excluding tert-OH is 1. The topological polar surface area (TPSA) is 37.3 Å². The molecule has 0 unspecified atom stereocenters. The Bertz CT molecular complexity index is 334. The number of thioether (sulfide) groups is 2. The zero-order valence-corrected chi connectivity index (χ0v) is 11.2. The first-order valence-corrected chi connectivity index (χ1v) is 7.54. The van der Waals surface area contributed by atoms with Gasteiger partial charge in [-0.05, 0) is 11.5 Å². The minimum Gasteiger partial charge on any atom is -0.392 e. The molecule has 84 valence electrons. The first kappa shape index (κ1) is 13.1. The highest BCUT2D eigenvalue weighted by atomic mass is 32.2. The van der Waals surface area contributed by atoms with Crippen molar-refractivity contribution in [3.8, 4) is 0 Å². The molecule has 0 aliphatic heterocycles. The molecule has 0 saturated heterocycles. The van der Waals surface area contributed by atoms with Crippen molar-refractivity contribution in [2.75, 3.05) is 11.5 Å². The van der Waals surface area contributed by atoms with Gasteiger partial charge in [0.2, 0.25) is 0 Å². The molecule has 0 aliphatic carbocycles. The standard InChI is InChI=1S/C10H14O2S3/c1-3-13-9-7(5-11)8(6-12)10(15-9)14-4-2/h5,12H,3-4,6H2,1-2H3. The van der Waals surface area contributed by atoms with E-state index < -0.39 is 0 Å². The molecule has 0 spiro atoms. The number of hydrogen-bond donors (Lipinski definition) is 1. The first-order valence-electron chi connectivity index (χ1n) is 4.75. The lowest BCUT2D eigenvalue weighted by Gasteiger charge is -1.98. The van der Waals surface area contributed by atoms with Gasteiger partial charge < -0.3 is 5.11 Å². The molecular weight excluding hydrogens is 248 g/mol. The summed E-state index contributed by atoms with van der Waals surface area (Å²) < 4.78 is 2.12. The van der Waals surface area contributed by atoms with E-state index in [0.29, 0.717) is 5.56 Å². The maximum atomic E-state index is 11.0. The summed E-state index contributed by atoms with van der Waals surface area (Å²) >= 11 is 4.97. The fourth-order valence-corrected chi connectivity index (χ4v) is 4.97. The molecule has 0 saturated carbocycles. The summed E-state index contributed by atoms with van der Waals surface area (Å²) in [6.45, 7) is 4.08. The number of carbonyl (C=O) groups is 1. The Morgan fingerprint density at radius 2 is 1.87 bits per heavy atom. The van der Waals surface area contributed by atoms with Gasteiger partial charge in [0.1, 0.15) is 0 Å². The summed E-state index contributed by atoms with van der Waals surface area (Å²) in [6, 6.07) is 0. The van der Waals surface area contributed by atoms with Crippen LogP contribution in [0.15, 0.2) is 8.42 Å². The molecular formula is C10H14O2S3. The lowest BCUT2D eigenvalue weighted by atomic mass is 10.2. The molecule has 0 atom stereocenters. The Balaban J connectivity index is 3.11. The van der Waals surface area contributed by atoms with Crippen LogP contribution in [-0.2, 0) is 6.61 Å². The first-order chi connectivity index (χ1) is 7.28. The van der Waals surface area contributed by atoms with Gasteiger partial charge in [-0.1, -0.05) is 13.8 Å². The molecule has 1 aromatic rings. The third-order valence-electron chi connectivity index (χ3n) is 1.80. The van der Waals surface area contributed by atoms with Crippen LogP contribution in [-0.4, -0.2) is 22.9 Å². The van der Waals surface area contributed by atoms with E-state index in [1.807, 2.05) is 0 Å². The maximum Gasteiger partial charge on any atom is 0.152 e. The van der Waals surface area contributed by atoms with Crippen molar-refractivity contribution in [2.45, 2.75) is 28.9 Å². The highest BCUT2D eigenvalue weighted by molar-refractivity contribution is 8.03. The van der Waals surface area contributed by atoms with Crippen molar-refractivity contribution < 1.29 is 9.90 Å². The Morgan fingerprint density at radius 3 is 2.33 bits per heavy atom. The Labute approximate surface area is 102 Å². The van der Waals surface area contributed by atoms with Crippen molar-refractivity contribution in [1.82, 2.24) is 0 Å². The second-order valence-electron chi connectivity index (χ2n) is 2.71. The monoisotopic (exact) mass is 262 g/mol. The van der Waals surface area contributed by atoms with E-state index in [2.05, 4.69) is 13.8 Å². The van der Waals surface area contributed by atoms with E-state index in [1.165, 1.54) is 0 Å². The second kappa shape index (κ2) is 6.58. The Morgan fingerprint density at radius 1 is 1.27 bits per heavy atom. The maximum absolute atomic E-state index is 11.0. The largest absolute Gasteiger partial charge is 0.392 e. The fourth-order valence-electron chi connectivity index (χ4n) is 1.19. The number of carbonyl (C=O) groups excluding carboxylic acids is 1. The van der Waals surface area contributed by atoms with Gasteiger partial charge in [0.05, 0.1) is 15.0 Å². The molecule has 15 heavy (non-hydrogen) atoms. The van der Waals surface area contributed by atoms with Crippen LogP contribution in [0.1, 0.15) is 29.8 Å². The smallest absolute Gasteiger partial charge is 0.152 e. The van der Waals surface area contributed by atoms with Crippen LogP contribution in [0.25, 0.3) is 0 Å². The van der Waals surface area contributed by atoms with E-state index in [1.54, 1.807) is 34.9 Å². The third kappa shape index (κ3) is 3.00. The van der Waals surface area contributed by atoms with Crippen molar-refractivity contribution >= 4 is 41.1 Å². The summed E-state index contributed by atoms with van der Waals surface area (Å²) in [6.07, 6.45) is 0.861. The van der Waals surface area contributed by atoms with Gasteiger partial charge >= 0.3 is 0 Å². The predicted molar refractivity (Wildman–Crippen MR) is 68.4 cm³/mol. The molecule has 0 aromatic carbocycles. The van der Waals surface area contributed by atoms with Crippen LogP contribution in [0.5, 0.6) is 0 Å². The molecule has 1 rings (SSSR count). The van der Waals surface area contributed by atoms with Gasteiger partial charge in [-0.3, -0.25) is 4.79 Å². The van der Waals surface area contributed by atoms with Crippen molar-refractivity contribution in [1.29, 1.82) is 0 Å². The molecule has 1 N–H and O–H groups in total. The average Bonchev–Trinajstić information content (AvgIpc) is 2.56. The number of thiophene rings is 1. The van der Waals surface area contributed by atoms with E-state index in [4.69, 9.17) is 0 Å². The summed E-state index contributed by atoms with van der Waals surface area (Å²) in [5.74, 6) is 1.91. The van der Waals surface area contributed by atoms with Gasteiger partial charge in [0, 0.05) is 11.1 Å². The highest BCUT2D eigenvalue weighted by Gasteiger charge is 2.16. The van der Waals surface area contributed by atoms with Gasteiger partial charge in [-0.2, -0.15) is 0 Å². The number of hydrogen-bond acceptors (Lipinski definition) is 5. The van der Waals surface area contributed by atoms with Gasteiger partial charge in [0.25, 0.3) is 0 Å². The summed E-state index contributed by atoms with van der Waals surface area (Å²) in [4.78, 5) is 11.0. The number of rotatable bonds is 6. The lowest BCUT2D eigenvalue weighted by molar-refractivity contribution is 0.111. The predicted octanol–water partition coefficient (Wildman–Crippen LogP) is 3.28. The highest BCUT2D eigenvalue weighted by Crippen LogP contribution is 2.40. The van der Waals surface area contributed by atoms with Crippen LogP contribution in [0.2, 0.25) is 0 Å². The van der Waals surface area contributed by atoms with Gasteiger partial charge in [-0.15, -0.1) is 34.9 Å². The zero-order chi connectivity index (χ0) is 11.3. The third-order valence-corrected chi connectivity index (χ3v) is 5.42. The molecule has 0 aliphatic rings. The minimum absolute atomic E-state index is 0.0445. The van der Waals surface area contributed by atoms with Crippen molar-refractivity contribution in [3.05, 3.63) is 11.1 Å². The van der Waals surface area contributed by atoms with Gasteiger partial charge in [0.15, 0.2) is 6.29 Å². The molecule has 0 fully saturated rings. The zero-order valence-electron chi connectivity index (χ0n) is 8.78. The quantitative estimate of drug-likeness (QED) is 0.630. The number of aldehydes is 1. The summed E-state index contributed by atoms with van der Waals surface area (Å²) in [5, 5.41) is 9.26. The Hall–Kier alpha value is 0.0300. The average molecular weight is 262 g/mol. The van der Waals surface area contributed by atoms with Crippen LogP contribution in [0, 0.1) is 0 Å². The van der Waals surface area contributed by atoms with E-state index in [9.17, 15) is 9.90 Å². The van der Waals surface area contributed by atoms with E-state index in [0.717, 1.165) is 31.8 Å². The lowest BCUT2D eigenvalue weighted by Crippen LogP contribution is -1.90. The van der Waals surface area contributed by atoms with E-state index >= 15 is 0 Å². The van der Waals surface area contributed by atoms with Gasteiger partial charge in [-0.25, -0.2) is 0 Å². The van der Waals surface area contributed by atoms with Crippen LogP contribution in [0.3, 0.4) is 0 Å². The SMILES string of the molecule is CCSc1sc(SCC)c(CO)c1C=O. The number of aliphatic hydroxyl groups is 1. The van der Waals surface area contributed by atoms with Crippen LogP contribution < -0.4 is 0 Å². The molecule has 5 heteroatoms. The minimum atomic E-state index is -0.0445.